The molecule has 74 valence electrons. The average molecular weight is 198 g/mol. The lowest BCUT2D eigenvalue weighted by atomic mass is 10.1. The lowest BCUT2D eigenvalue weighted by Gasteiger charge is -2.06. The highest BCUT2D eigenvalue weighted by atomic mass is 16.5. The van der Waals surface area contributed by atoms with E-state index in [-0.39, 0.29) is 5.57 Å². The molecule has 3 heteroatoms. The predicted octanol–water partition coefficient (Wildman–Crippen LogP) is 2.40. The number of allylic oxidation sites excluding steroid dienone is 1. The number of nitrogens with zero attached hydrogens (tertiary/aromatic N) is 2. The van der Waals surface area contributed by atoms with E-state index in [4.69, 9.17) is 15.3 Å². The maximum absolute atomic E-state index is 8.75. The van der Waals surface area contributed by atoms with Gasteiger partial charge in [0, 0.05) is 5.56 Å². The van der Waals surface area contributed by atoms with E-state index in [1.54, 1.807) is 6.07 Å². The van der Waals surface area contributed by atoms with Gasteiger partial charge in [-0.05, 0) is 13.0 Å². The molecule has 0 saturated carbocycles. The number of methoxy groups -OCH3 is 1. The highest BCUT2D eigenvalue weighted by Gasteiger charge is 2.09. The first-order valence-electron chi connectivity index (χ1n) is 4.38. The van der Waals surface area contributed by atoms with Crippen LogP contribution in [0.2, 0.25) is 0 Å². The molecule has 0 atom stereocenters. The maximum Gasteiger partial charge on any atom is 0.172 e. The van der Waals surface area contributed by atoms with Crippen LogP contribution in [0.3, 0.4) is 0 Å². The maximum atomic E-state index is 8.75. The van der Waals surface area contributed by atoms with Gasteiger partial charge in [0.1, 0.15) is 12.1 Å². The average Bonchev–Trinajstić information content (AvgIpc) is 2.25. The smallest absolute Gasteiger partial charge is 0.172 e. The Bertz CT molecular complexity index is 459. The van der Waals surface area contributed by atoms with Crippen molar-refractivity contribution in [1.29, 1.82) is 10.5 Å². The minimum atomic E-state index is -0.0110. The number of rotatable bonds is 2. The van der Waals surface area contributed by atoms with Crippen molar-refractivity contribution >= 4 is 5.76 Å². The lowest BCUT2D eigenvalue weighted by Crippen LogP contribution is -1.92. The second-order valence-corrected chi connectivity index (χ2v) is 3.00. The van der Waals surface area contributed by atoms with Crippen molar-refractivity contribution in [3.05, 3.63) is 41.0 Å². The second-order valence-electron chi connectivity index (χ2n) is 3.00. The van der Waals surface area contributed by atoms with Gasteiger partial charge in [-0.1, -0.05) is 23.8 Å². The van der Waals surface area contributed by atoms with Crippen molar-refractivity contribution < 1.29 is 4.74 Å². The normalized spacial score (nSPS) is 8.53. The van der Waals surface area contributed by atoms with Crippen molar-refractivity contribution in [2.24, 2.45) is 0 Å². The largest absolute Gasteiger partial charge is 0.494 e. The molecule has 0 spiro atoms. The third-order valence-electron chi connectivity index (χ3n) is 1.94. The Balaban J connectivity index is 3.33. The van der Waals surface area contributed by atoms with Crippen LogP contribution in [-0.2, 0) is 4.74 Å². The first kappa shape index (κ1) is 10.8. The van der Waals surface area contributed by atoms with E-state index in [1.807, 2.05) is 37.3 Å². The van der Waals surface area contributed by atoms with E-state index < -0.39 is 0 Å². The molecule has 0 aliphatic heterocycles. The summed E-state index contributed by atoms with van der Waals surface area (Å²) in [4.78, 5) is 0. The summed E-state index contributed by atoms with van der Waals surface area (Å²) < 4.78 is 5.07. The van der Waals surface area contributed by atoms with Crippen LogP contribution in [0.25, 0.3) is 5.76 Å². The molecule has 15 heavy (non-hydrogen) atoms. The molecule has 0 N–H and O–H groups in total. The van der Waals surface area contributed by atoms with Crippen molar-refractivity contribution in [2.75, 3.05) is 7.11 Å². The Morgan fingerprint density at radius 2 is 1.93 bits per heavy atom. The van der Waals surface area contributed by atoms with Crippen LogP contribution in [0.15, 0.2) is 29.8 Å². The van der Waals surface area contributed by atoms with Crippen LogP contribution in [0.4, 0.5) is 0 Å². The quantitative estimate of drug-likeness (QED) is 0.541. The van der Waals surface area contributed by atoms with Gasteiger partial charge in [0.25, 0.3) is 0 Å². The molecule has 1 aromatic carbocycles. The fraction of sp³-hybridized carbons (Fsp3) is 0.167. The van der Waals surface area contributed by atoms with E-state index >= 15 is 0 Å². The topological polar surface area (TPSA) is 56.8 Å². The molecule has 1 rings (SSSR count). The second kappa shape index (κ2) is 4.83. The van der Waals surface area contributed by atoms with Crippen molar-refractivity contribution in [3.63, 3.8) is 0 Å². The molecular formula is C12H10N2O. The molecule has 0 bridgehead atoms. The fourth-order valence-corrected chi connectivity index (χ4v) is 1.28. The molecule has 0 aliphatic carbocycles. The van der Waals surface area contributed by atoms with Gasteiger partial charge in [-0.2, -0.15) is 10.5 Å². The van der Waals surface area contributed by atoms with Crippen molar-refractivity contribution in [3.8, 4) is 12.1 Å². The van der Waals surface area contributed by atoms with Gasteiger partial charge in [0.05, 0.1) is 7.11 Å². The van der Waals surface area contributed by atoms with Crippen LogP contribution < -0.4 is 0 Å². The fourth-order valence-electron chi connectivity index (χ4n) is 1.28. The summed E-state index contributed by atoms with van der Waals surface area (Å²) >= 11 is 0. The van der Waals surface area contributed by atoms with Gasteiger partial charge in [0.15, 0.2) is 11.3 Å². The highest BCUT2D eigenvalue weighted by Crippen LogP contribution is 2.19. The summed E-state index contributed by atoms with van der Waals surface area (Å²) in [5.74, 6) is 0.323. The SMILES string of the molecule is COC(=C(C#N)C#N)c1cccc(C)c1. The molecule has 0 amide bonds. The number of nitriles is 2. The summed E-state index contributed by atoms with van der Waals surface area (Å²) in [6.45, 7) is 1.94. The minimum absolute atomic E-state index is 0.0110. The predicted molar refractivity (Wildman–Crippen MR) is 56.3 cm³/mol. The number of hydrogen-bond acceptors (Lipinski definition) is 3. The molecular weight excluding hydrogens is 188 g/mol. The molecule has 1 aromatic rings. The molecule has 0 aliphatic rings. The van der Waals surface area contributed by atoms with E-state index in [1.165, 1.54) is 7.11 Å². The molecule has 0 radical (unpaired) electrons. The van der Waals surface area contributed by atoms with Crippen LogP contribution in [0.5, 0.6) is 0 Å². The third-order valence-corrected chi connectivity index (χ3v) is 1.94. The molecule has 0 heterocycles. The van der Waals surface area contributed by atoms with E-state index in [0.29, 0.717) is 5.76 Å². The minimum Gasteiger partial charge on any atom is -0.494 e. The summed E-state index contributed by atoms with van der Waals surface area (Å²) in [5, 5.41) is 17.5. The van der Waals surface area contributed by atoms with Gasteiger partial charge in [0.2, 0.25) is 0 Å². The zero-order valence-electron chi connectivity index (χ0n) is 8.61. The molecule has 0 unspecified atom stereocenters. The summed E-state index contributed by atoms with van der Waals surface area (Å²) in [7, 11) is 1.45. The van der Waals surface area contributed by atoms with E-state index in [9.17, 15) is 0 Å². The van der Waals surface area contributed by atoms with Crippen LogP contribution in [-0.4, -0.2) is 7.11 Å². The van der Waals surface area contributed by atoms with Crippen LogP contribution in [0.1, 0.15) is 11.1 Å². The summed E-state index contributed by atoms with van der Waals surface area (Å²) in [6, 6.07) is 11.1. The van der Waals surface area contributed by atoms with E-state index in [2.05, 4.69) is 0 Å². The number of benzene rings is 1. The monoisotopic (exact) mass is 198 g/mol. The molecule has 0 aromatic heterocycles. The van der Waals surface area contributed by atoms with Crippen molar-refractivity contribution in [1.82, 2.24) is 0 Å². The Labute approximate surface area is 88.8 Å². The first-order chi connectivity index (χ1) is 7.22. The molecule has 0 saturated heterocycles. The summed E-state index contributed by atoms with van der Waals surface area (Å²) in [5.41, 5.74) is 1.79. The number of aryl methyl sites for hydroxylation is 1. The Morgan fingerprint density at radius 1 is 1.27 bits per heavy atom. The lowest BCUT2D eigenvalue weighted by molar-refractivity contribution is 0.369. The molecule has 0 fully saturated rings. The zero-order valence-corrected chi connectivity index (χ0v) is 8.61. The number of ether oxygens (including phenoxy) is 1. The summed E-state index contributed by atoms with van der Waals surface area (Å²) in [6.07, 6.45) is 0. The van der Waals surface area contributed by atoms with Gasteiger partial charge >= 0.3 is 0 Å². The zero-order chi connectivity index (χ0) is 11.3. The Kier molecular flexibility index (Phi) is 3.49. The molecule has 3 nitrogen and oxygen atoms in total. The van der Waals surface area contributed by atoms with Gasteiger partial charge in [-0.25, -0.2) is 0 Å². The van der Waals surface area contributed by atoms with Crippen molar-refractivity contribution in [2.45, 2.75) is 6.92 Å². The van der Waals surface area contributed by atoms with Crippen LogP contribution >= 0.6 is 0 Å². The van der Waals surface area contributed by atoms with E-state index in [0.717, 1.165) is 11.1 Å². The van der Waals surface area contributed by atoms with Gasteiger partial charge in [-0.15, -0.1) is 0 Å². The standard InChI is InChI=1S/C12H10N2O/c1-9-4-3-5-10(6-9)12(15-2)11(7-13)8-14/h3-6H,1-2H3. The Hall–Kier alpha value is -2.26. The third kappa shape index (κ3) is 2.36. The van der Waals surface area contributed by atoms with Gasteiger partial charge < -0.3 is 4.74 Å². The Morgan fingerprint density at radius 3 is 2.40 bits per heavy atom. The first-order valence-corrected chi connectivity index (χ1v) is 4.38. The van der Waals surface area contributed by atoms with Gasteiger partial charge in [-0.3, -0.25) is 0 Å². The number of hydrogen-bond donors (Lipinski definition) is 0. The van der Waals surface area contributed by atoms with Crippen LogP contribution in [0, 0.1) is 29.6 Å². The highest BCUT2D eigenvalue weighted by molar-refractivity contribution is 5.70.